The number of thiazole rings is 1. The molecule has 2 N–H and O–H groups in total. The Hall–Kier alpha value is -1.67. The van der Waals surface area contributed by atoms with E-state index >= 15 is 0 Å². The smallest absolute Gasteiger partial charge is 0.408 e. The van der Waals surface area contributed by atoms with E-state index in [4.69, 9.17) is 9.47 Å². The van der Waals surface area contributed by atoms with Gasteiger partial charge in [-0.05, 0) is 27.7 Å². The molecule has 1 aromatic rings. The van der Waals surface area contributed by atoms with Gasteiger partial charge in [0, 0.05) is 42.7 Å². The van der Waals surface area contributed by atoms with Crippen LogP contribution in [0.4, 0.5) is 4.79 Å². The third-order valence-corrected chi connectivity index (χ3v) is 6.79. The highest BCUT2D eigenvalue weighted by Crippen LogP contribution is 2.51. The Morgan fingerprint density at radius 3 is 2.50 bits per heavy atom. The number of amides is 2. The highest BCUT2D eigenvalue weighted by atomic mass is 32.1. The second kappa shape index (κ2) is 9.22. The van der Waals surface area contributed by atoms with Gasteiger partial charge in [-0.3, -0.25) is 4.79 Å². The first-order valence-electron chi connectivity index (χ1n) is 10.7. The van der Waals surface area contributed by atoms with Crippen molar-refractivity contribution in [3.8, 4) is 0 Å². The average Bonchev–Trinajstić information content (AvgIpc) is 3.08. The van der Waals surface area contributed by atoms with Crippen molar-refractivity contribution in [2.75, 3.05) is 13.2 Å². The quantitative estimate of drug-likeness (QED) is 0.638. The molecule has 0 bridgehead atoms. The van der Waals surface area contributed by atoms with E-state index in [1.54, 1.807) is 32.1 Å². The summed E-state index contributed by atoms with van der Waals surface area (Å²) in [4.78, 5) is 30.4. The predicted molar refractivity (Wildman–Crippen MR) is 119 cm³/mol. The number of carbonyl (C=O) groups is 2. The molecule has 2 amide bonds. The molecule has 2 rings (SSSR count). The third-order valence-electron chi connectivity index (χ3n) is 5.60. The summed E-state index contributed by atoms with van der Waals surface area (Å²) in [5, 5.41) is 9.00. The first-order chi connectivity index (χ1) is 13.8. The van der Waals surface area contributed by atoms with E-state index < -0.39 is 22.6 Å². The van der Waals surface area contributed by atoms with E-state index in [0.29, 0.717) is 31.9 Å². The lowest BCUT2D eigenvalue weighted by molar-refractivity contribution is -0.178. The number of alkyl carbamates (subject to hydrolysis) is 1. The van der Waals surface area contributed by atoms with Gasteiger partial charge in [0.2, 0.25) is 5.91 Å². The first-order valence-corrected chi connectivity index (χ1v) is 11.6. The molecule has 0 aromatic carbocycles. The Morgan fingerprint density at radius 1 is 1.33 bits per heavy atom. The summed E-state index contributed by atoms with van der Waals surface area (Å²) in [7, 11) is 0. The van der Waals surface area contributed by atoms with E-state index in [2.05, 4.69) is 29.5 Å². The van der Waals surface area contributed by atoms with Crippen molar-refractivity contribution in [2.45, 2.75) is 91.4 Å². The van der Waals surface area contributed by atoms with Crippen molar-refractivity contribution >= 4 is 23.3 Å². The predicted octanol–water partition coefficient (Wildman–Crippen LogP) is 4.02. The first kappa shape index (κ1) is 24.6. The van der Waals surface area contributed by atoms with Crippen LogP contribution in [0, 0.1) is 5.41 Å². The Balaban J connectivity index is 2.08. The number of rotatable bonds is 8. The fourth-order valence-electron chi connectivity index (χ4n) is 3.70. The molecule has 0 spiro atoms. The molecule has 0 aliphatic heterocycles. The minimum atomic E-state index is -1.08. The van der Waals surface area contributed by atoms with Crippen LogP contribution in [0.1, 0.15) is 78.4 Å². The lowest BCUT2D eigenvalue weighted by atomic mass is 9.53. The Labute approximate surface area is 184 Å². The van der Waals surface area contributed by atoms with Gasteiger partial charge in [0.25, 0.3) is 0 Å². The molecule has 0 radical (unpaired) electrons. The highest BCUT2D eigenvalue weighted by molar-refractivity contribution is 7.09. The fraction of sp³-hybridized carbons (Fsp3) is 0.773. The Kier molecular flexibility index (Phi) is 7.56. The molecule has 2 unspecified atom stereocenters. The molecule has 2 atom stereocenters. The van der Waals surface area contributed by atoms with Gasteiger partial charge >= 0.3 is 6.09 Å². The highest BCUT2D eigenvalue weighted by Gasteiger charge is 2.66. The van der Waals surface area contributed by atoms with Crippen molar-refractivity contribution < 1.29 is 19.1 Å². The number of hydrogen-bond acceptors (Lipinski definition) is 6. The summed E-state index contributed by atoms with van der Waals surface area (Å²) in [6, 6.07) is 0. The number of ether oxygens (including phenoxy) is 2. The monoisotopic (exact) mass is 439 g/mol. The van der Waals surface area contributed by atoms with E-state index in [1.165, 1.54) is 0 Å². The molecule has 7 nitrogen and oxygen atoms in total. The van der Waals surface area contributed by atoms with Crippen molar-refractivity contribution in [2.24, 2.45) is 5.41 Å². The van der Waals surface area contributed by atoms with E-state index in [0.717, 1.165) is 10.7 Å². The van der Waals surface area contributed by atoms with Crippen molar-refractivity contribution in [3.63, 3.8) is 0 Å². The van der Waals surface area contributed by atoms with Crippen LogP contribution in [0.25, 0.3) is 0 Å². The minimum Gasteiger partial charge on any atom is -0.444 e. The van der Waals surface area contributed by atoms with Gasteiger partial charge < -0.3 is 20.1 Å². The van der Waals surface area contributed by atoms with Gasteiger partial charge in [-0.25, -0.2) is 9.78 Å². The van der Waals surface area contributed by atoms with Crippen LogP contribution in [-0.2, 0) is 20.7 Å². The molecule has 1 aliphatic carbocycles. The zero-order valence-corrected chi connectivity index (χ0v) is 20.4. The van der Waals surface area contributed by atoms with Gasteiger partial charge in [0.05, 0.1) is 16.8 Å². The molecular formula is C22H37N3O4S. The van der Waals surface area contributed by atoms with Gasteiger partial charge in [0.15, 0.2) is 0 Å². The van der Waals surface area contributed by atoms with Crippen molar-refractivity contribution in [1.29, 1.82) is 0 Å². The summed E-state index contributed by atoms with van der Waals surface area (Å²) in [5.41, 5.74) is -1.33. The molecule has 170 valence electrons. The fourth-order valence-corrected chi connectivity index (χ4v) is 4.57. The molecule has 0 saturated heterocycles. The van der Waals surface area contributed by atoms with Crippen LogP contribution < -0.4 is 10.6 Å². The van der Waals surface area contributed by atoms with Gasteiger partial charge in [-0.1, -0.05) is 27.7 Å². The van der Waals surface area contributed by atoms with Crippen LogP contribution in [0.5, 0.6) is 0 Å². The lowest BCUT2D eigenvalue weighted by Crippen LogP contribution is -2.78. The van der Waals surface area contributed by atoms with Crippen LogP contribution >= 0.6 is 11.3 Å². The number of nitrogens with zero attached hydrogens (tertiary/aromatic N) is 1. The maximum absolute atomic E-state index is 13.3. The van der Waals surface area contributed by atoms with Gasteiger partial charge in [0.1, 0.15) is 11.1 Å². The van der Waals surface area contributed by atoms with E-state index in [1.807, 2.05) is 26.2 Å². The minimum absolute atomic E-state index is 0.115. The molecule has 8 heteroatoms. The number of nitrogens with one attached hydrogen (secondary N) is 2. The van der Waals surface area contributed by atoms with E-state index in [9.17, 15) is 9.59 Å². The maximum Gasteiger partial charge on any atom is 0.408 e. The molecule has 1 saturated carbocycles. The SMILES string of the molecule is CCOC1CC(NC(=O)OC(C)(C)C)(C(=O)NCCc2csc(C(C)C)n2)C1(C)C. The standard InChI is InChI=1S/C22H37N3O4S/c1-9-28-16-12-22(21(16,7)8,25-19(27)29-20(4,5)6)18(26)23-11-10-15-13-30-17(24-15)14(2)3/h13-14,16H,9-12H2,1-8H3,(H,23,26)(H,25,27). The number of carbonyl (C=O) groups excluding carboxylic acids is 2. The van der Waals surface area contributed by atoms with Gasteiger partial charge in [-0.15, -0.1) is 11.3 Å². The summed E-state index contributed by atoms with van der Waals surface area (Å²) in [5.74, 6) is 0.180. The van der Waals surface area contributed by atoms with E-state index in [-0.39, 0.29) is 12.0 Å². The average molecular weight is 440 g/mol. The zero-order chi connectivity index (χ0) is 22.7. The summed E-state index contributed by atoms with van der Waals surface area (Å²) < 4.78 is 11.2. The Morgan fingerprint density at radius 2 is 2.00 bits per heavy atom. The summed E-state index contributed by atoms with van der Waals surface area (Å²) in [6.07, 6.45) is 0.344. The molecule has 1 fully saturated rings. The zero-order valence-electron chi connectivity index (χ0n) is 19.5. The van der Waals surface area contributed by atoms with Crippen LogP contribution in [0.15, 0.2) is 5.38 Å². The maximum atomic E-state index is 13.3. The topological polar surface area (TPSA) is 89.5 Å². The number of aromatic nitrogens is 1. The van der Waals surface area contributed by atoms with Crippen molar-refractivity contribution in [1.82, 2.24) is 15.6 Å². The summed E-state index contributed by atoms with van der Waals surface area (Å²) in [6.45, 7) is 16.5. The molecular weight excluding hydrogens is 402 g/mol. The largest absolute Gasteiger partial charge is 0.444 e. The normalized spacial score (nSPS) is 23.0. The summed E-state index contributed by atoms with van der Waals surface area (Å²) >= 11 is 1.64. The molecule has 30 heavy (non-hydrogen) atoms. The molecule has 1 heterocycles. The Bertz CT molecular complexity index is 754. The van der Waals surface area contributed by atoms with Gasteiger partial charge in [-0.2, -0.15) is 0 Å². The van der Waals surface area contributed by atoms with Crippen LogP contribution in [0.2, 0.25) is 0 Å². The van der Waals surface area contributed by atoms with Crippen LogP contribution in [-0.4, -0.2) is 47.4 Å². The molecule has 1 aliphatic rings. The molecule has 1 aromatic heterocycles. The second-order valence-electron chi connectivity index (χ2n) is 9.74. The third kappa shape index (κ3) is 5.32. The van der Waals surface area contributed by atoms with Crippen molar-refractivity contribution in [3.05, 3.63) is 16.1 Å². The second-order valence-corrected chi connectivity index (χ2v) is 10.6. The number of hydrogen-bond donors (Lipinski definition) is 2. The van der Waals surface area contributed by atoms with Crippen LogP contribution in [0.3, 0.4) is 0 Å². The lowest BCUT2D eigenvalue weighted by Gasteiger charge is -2.59.